The zero-order valence-electron chi connectivity index (χ0n) is 23.7. The molecular formula is C37H30BNO2. The van der Waals surface area contributed by atoms with Gasteiger partial charge in [0.15, 0.2) is 0 Å². The Morgan fingerprint density at radius 3 is 1.78 bits per heavy atom. The van der Waals surface area contributed by atoms with Crippen molar-refractivity contribution in [1.29, 1.82) is 0 Å². The number of pyridine rings is 1. The molecule has 0 amide bonds. The Balaban J connectivity index is 1.28. The van der Waals surface area contributed by atoms with E-state index in [2.05, 4.69) is 131 Å². The van der Waals surface area contributed by atoms with Gasteiger partial charge in [-0.15, -0.1) is 0 Å². The van der Waals surface area contributed by atoms with E-state index in [-0.39, 0.29) is 11.2 Å². The molecule has 4 heteroatoms. The van der Waals surface area contributed by atoms with Gasteiger partial charge in [0, 0.05) is 17.2 Å². The van der Waals surface area contributed by atoms with E-state index in [1.165, 1.54) is 54.2 Å². The predicted molar refractivity (Wildman–Crippen MR) is 172 cm³/mol. The normalized spacial score (nSPS) is 16.4. The highest BCUT2D eigenvalue weighted by molar-refractivity contribution is 6.62. The first-order valence-corrected chi connectivity index (χ1v) is 14.3. The fraction of sp³-hybridized carbons (Fsp3) is 0.162. The lowest BCUT2D eigenvalue weighted by atomic mass is 9.80. The van der Waals surface area contributed by atoms with Gasteiger partial charge < -0.3 is 9.31 Å². The van der Waals surface area contributed by atoms with Gasteiger partial charge in [-0.2, -0.15) is 0 Å². The lowest BCUT2D eigenvalue weighted by Crippen LogP contribution is -2.41. The van der Waals surface area contributed by atoms with Gasteiger partial charge >= 0.3 is 7.12 Å². The number of benzene rings is 6. The molecular weight excluding hydrogens is 501 g/mol. The molecule has 3 nitrogen and oxygen atoms in total. The van der Waals surface area contributed by atoms with Crippen molar-refractivity contribution in [2.75, 3.05) is 0 Å². The van der Waals surface area contributed by atoms with Crippen LogP contribution in [-0.2, 0) is 9.31 Å². The second-order valence-corrected chi connectivity index (χ2v) is 12.2. The van der Waals surface area contributed by atoms with Gasteiger partial charge in [0.25, 0.3) is 0 Å². The summed E-state index contributed by atoms with van der Waals surface area (Å²) < 4.78 is 12.5. The van der Waals surface area contributed by atoms with Crippen molar-refractivity contribution in [2.24, 2.45) is 0 Å². The summed E-state index contributed by atoms with van der Waals surface area (Å²) in [5.74, 6) is 0. The zero-order valence-corrected chi connectivity index (χ0v) is 23.7. The number of fused-ring (bicyclic) bond motifs is 1. The van der Waals surface area contributed by atoms with Gasteiger partial charge in [-0.25, -0.2) is 0 Å². The first-order valence-electron chi connectivity index (χ1n) is 14.3. The summed E-state index contributed by atoms with van der Waals surface area (Å²) in [6.07, 6.45) is 1.90. The highest BCUT2D eigenvalue weighted by atomic mass is 16.7. The maximum absolute atomic E-state index is 6.26. The molecule has 8 rings (SSSR count). The van der Waals surface area contributed by atoms with Crippen LogP contribution in [0.2, 0.25) is 0 Å². The topological polar surface area (TPSA) is 31.4 Å². The summed E-state index contributed by atoms with van der Waals surface area (Å²) in [6, 6.07) is 37.4. The lowest BCUT2D eigenvalue weighted by molar-refractivity contribution is 0.00578. The molecule has 0 spiro atoms. The standard InChI is InChI=1S/C37H30BNO2/c1-36(2)37(3,4)41-38(40-36)26-16-21-33(39-22-26)30-18-13-25-14-19-31-29(17-12-24-15-20-32(30)35(25)34(24)31)28-11-7-9-23-8-5-6-10-27(23)28/h5-22H,1-4H3. The van der Waals surface area contributed by atoms with Crippen molar-refractivity contribution < 1.29 is 9.31 Å². The summed E-state index contributed by atoms with van der Waals surface area (Å²) >= 11 is 0. The highest BCUT2D eigenvalue weighted by Crippen LogP contribution is 2.43. The molecule has 2 heterocycles. The first-order chi connectivity index (χ1) is 19.8. The molecule has 1 saturated heterocycles. The summed E-state index contributed by atoms with van der Waals surface area (Å²) in [4.78, 5) is 4.91. The van der Waals surface area contributed by atoms with Crippen molar-refractivity contribution in [3.63, 3.8) is 0 Å². The third-order valence-corrected chi connectivity index (χ3v) is 9.33. The van der Waals surface area contributed by atoms with Crippen molar-refractivity contribution in [3.05, 3.63) is 109 Å². The number of hydrogen-bond donors (Lipinski definition) is 0. The van der Waals surface area contributed by atoms with E-state index < -0.39 is 7.12 Å². The average molecular weight is 531 g/mol. The van der Waals surface area contributed by atoms with Gasteiger partial charge in [0.05, 0.1) is 16.9 Å². The molecule has 41 heavy (non-hydrogen) atoms. The fourth-order valence-electron chi connectivity index (χ4n) is 6.40. The quantitative estimate of drug-likeness (QED) is 0.169. The number of hydrogen-bond acceptors (Lipinski definition) is 3. The van der Waals surface area contributed by atoms with Crippen molar-refractivity contribution in [3.8, 4) is 22.4 Å². The molecule has 0 unspecified atom stereocenters. The molecule has 198 valence electrons. The van der Waals surface area contributed by atoms with E-state index in [0.29, 0.717) is 0 Å². The molecule has 1 fully saturated rings. The minimum absolute atomic E-state index is 0.382. The van der Waals surface area contributed by atoms with Crippen LogP contribution >= 0.6 is 0 Å². The Kier molecular flexibility index (Phi) is 5.16. The van der Waals surface area contributed by atoms with E-state index in [9.17, 15) is 0 Å². The summed E-state index contributed by atoms with van der Waals surface area (Å²) in [5, 5.41) is 10.1. The summed E-state index contributed by atoms with van der Waals surface area (Å²) in [6.45, 7) is 8.30. The smallest absolute Gasteiger partial charge is 0.399 e. The maximum Gasteiger partial charge on any atom is 0.496 e. The minimum Gasteiger partial charge on any atom is -0.399 e. The van der Waals surface area contributed by atoms with Crippen molar-refractivity contribution in [2.45, 2.75) is 38.9 Å². The van der Waals surface area contributed by atoms with E-state index in [1.54, 1.807) is 0 Å². The average Bonchev–Trinajstić information content (AvgIpc) is 3.21. The number of nitrogens with zero attached hydrogens (tertiary/aromatic N) is 1. The van der Waals surface area contributed by atoms with E-state index in [1.807, 2.05) is 6.20 Å². The molecule has 0 saturated carbocycles. The Bertz CT molecular complexity index is 2090. The molecule has 0 bridgehead atoms. The van der Waals surface area contributed by atoms with Crippen molar-refractivity contribution >= 4 is 55.7 Å². The van der Waals surface area contributed by atoms with Crippen LogP contribution in [0.25, 0.3) is 65.5 Å². The van der Waals surface area contributed by atoms with Crippen LogP contribution in [0.15, 0.2) is 109 Å². The Hall–Kier alpha value is -4.25. The van der Waals surface area contributed by atoms with Crippen LogP contribution in [0.4, 0.5) is 0 Å². The van der Waals surface area contributed by atoms with Gasteiger partial charge in [-0.3, -0.25) is 4.98 Å². The molecule has 0 aliphatic carbocycles. The third kappa shape index (κ3) is 3.64. The summed E-state index contributed by atoms with van der Waals surface area (Å²) in [5.41, 5.74) is 4.77. The minimum atomic E-state index is -0.421. The van der Waals surface area contributed by atoms with Crippen LogP contribution < -0.4 is 5.46 Å². The molecule has 0 radical (unpaired) electrons. The van der Waals surface area contributed by atoms with E-state index in [4.69, 9.17) is 14.3 Å². The van der Waals surface area contributed by atoms with Gasteiger partial charge in [0.2, 0.25) is 0 Å². The van der Waals surface area contributed by atoms with Crippen LogP contribution in [0.1, 0.15) is 27.7 Å². The Morgan fingerprint density at radius 1 is 0.512 bits per heavy atom. The van der Waals surface area contributed by atoms with E-state index in [0.717, 1.165) is 16.7 Å². The maximum atomic E-state index is 6.26. The van der Waals surface area contributed by atoms with Gasteiger partial charge in [-0.1, -0.05) is 97.1 Å². The van der Waals surface area contributed by atoms with Crippen LogP contribution in [0, 0.1) is 0 Å². The van der Waals surface area contributed by atoms with Crippen LogP contribution in [0.5, 0.6) is 0 Å². The molecule has 7 aromatic rings. The molecule has 1 aromatic heterocycles. The molecule has 1 aliphatic rings. The predicted octanol–water partition coefficient (Wildman–Crippen LogP) is 8.77. The fourth-order valence-corrected chi connectivity index (χ4v) is 6.40. The molecule has 1 aliphatic heterocycles. The SMILES string of the molecule is CC1(C)OB(c2ccc(-c3ccc4ccc5c(-c6cccc7ccccc67)ccc6ccc3c4c65)nc2)OC1(C)C. The van der Waals surface area contributed by atoms with Crippen LogP contribution in [-0.4, -0.2) is 23.3 Å². The lowest BCUT2D eigenvalue weighted by Gasteiger charge is -2.32. The largest absolute Gasteiger partial charge is 0.496 e. The second kappa shape index (κ2) is 8.63. The Morgan fingerprint density at radius 2 is 1.10 bits per heavy atom. The van der Waals surface area contributed by atoms with E-state index >= 15 is 0 Å². The summed E-state index contributed by atoms with van der Waals surface area (Å²) in [7, 11) is -0.421. The highest BCUT2D eigenvalue weighted by Gasteiger charge is 2.51. The Labute approximate surface area is 240 Å². The first kappa shape index (κ1) is 24.5. The molecule has 0 N–H and O–H groups in total. The second-order valence-electron chi connectivity index (χ2n) is 12.2. The van der Waals surface area contributed by atoms with Crippen molar-refractivity contribution in [1.82, 2.24) is 4.98 Å². The molecule has 0 atom stereocenters. The monoisotopic (exact) mass is 531 g/mol. The van der Waals surface area contributed by atoms with Gasteiger partial charge in [0.1, 0.15) is 0 Å². The molecule has 6 aromatic carbocycles. The number of rotatable bonds is 3. The van der Waals surface area contributed by atoms with Gasteiger partial charge in [-0.05, 0) is 88.0 Å². The third-order valence-electron chi connectivity index (χ3n) is 9.33. The van der Waals surface area contributed by atoms with Crippen LogP contribution in [0.3, 0.4) is 0 Å². The zero-order chi connectivity index (χ0) is 27.9. The number of aromatic nitrogens is 1.